The molecule has 0 aromatic carbocycles. The monoisotopic (exact) mass is 282 g/mol. The van der Waals surface area contributed by atoms with Crippen molar-refractivity contribution in [2.45, 2.75) is 64.0 Å². The largest absolute Gasteiger partial charge is 0.480 e. The van der Waals surface area contributed by atoms with Gasteiger partial charge >= 0.3 is 5.97 Å². The van der Waals surface area contributed by atoms with E-state index in [1.54, 1.807) is 6.92 Å². The number of carboxylic acid groups (broad SMARTS) is 1. The molecule has 0 aromatic rings. The van der Waals surface area contributed by atoms with Crippen molar-refractivity contribution in [1.82, 2.24) is 9.80 Å². The molecule has 2 aliphatic rings. The van der Waals surface area contributed by atoms with E-state index in [9.17, 15) is 14.7 Å². The van der Waals surface area contributed by atoms with Gasteiger partial charge in [0.05, 0.1) is 6.04 Å². The lowest BCUT2D eigenvalue weighted by molar-refractivity contribution is -0.152. The van der Waals surface area contributed by atoms with Crippen LogP contribution in [0.1, 0.15) is 52.4 Å². The zero-order valence-corrected chi connectivity index (χ0v) is 12.6. The van der Waals surface area contributed by atoms with Crippen LogP contribution in [0.5, 0.6) is 0 Å². The average Bonchev–Trinajstić information content (AvgIpc) is 2.65. The van der Waals surface area contributed by atoms with Gasteiger partial charge in [-0.05, 0) is 39.5 Å². The van der Waals surface area contributed by atoms with Crippen LogP contribution in [-0.4, -0.2) is 58.0 Å². The molecule has 5 nitrogen and oxygen atoms in total. The Kier molecular flexibility index (Phi) is 4.68. The Labute approximate surface area is 120 Å². The molecule has 1 amide bonds. The highest BCUT2D eigenvalue weighted by molar-refractivity contribution is 5.84. The van der Waals surface area contributed by atoms with E-state index in [0.29, 0.717) is 13.0 Å². The van der Waals surface area contributed by atoms with Gasteiger partial charge in [0.1, 0.15) is 5.54 Å². The summed E-state index contributed by atoms with van der Waals surface area (Å²) in [5.41, 5.74) is -0.888. The fourth-order valence-electron chi connectivity index (χ4n) is 3.52. The molecular weight excluding hydrogens is 256 g/mol. The Hall–Kier alpha value is -1.10. The maximum Gasteiger partial charge on any atom is 0.323 e. The molecule has 1 N–H and O–H groups in total. The SMILES string of the molecule is CC(C(=O)N1CCCCCC1)N1CCCC1(C)C(=O)O. The number of aliphatic carboxylic acids is 1. The topological polar surface area (TPSA) is 60.9 Å². The number of carboxylic acids is 1. The Balaban J connectivity index is 2.07. The molecule has 2 aliphatic heterocycles. The second-order valence-electron chi connectivity index (χ2n) is 6.29. The molecule has 0 spiro atoms. The minimum atomic E-state index is -0.888. The fraction of sp³-hybridized carbons (Fsp3) is 0.867. The lowest BCUT2D eigenvalue weighted by Crippen LogP contribution is -2.56. The van der Waals surface area contributed by atoms with Gasteiger partial charge < -0.3 is 10.0 Å². The minimum Gasteiger partial charge on any atom is -0.480 e. The van der Waals surface area contributed by atoms with E-state index in [0.717, 1.165) is 32.4 Å². The van der Waals surface area contributed by atoms with E-state index in [1.165, 1.54) is 12.8 Å². The lowest BCUT2D eigenvalue weighted by Gasteiger charge is -2.37. The lowest BCUT2D eigenvalue weighted by atomic mass is 9.97. The first-order chi connectivity index (χ1) is 9.47. The van der Waals surface area contributed by atoms with Gasteiger partial charge in [-0.2, -0.15) is 0 Å². The van der Waals surface area contributed by atoms with Gasteiger partial charge in [-0.1, -0.05) is 12.8 Å². The molecular formula is C15H26N2O3. The third-order valence-electron chi connectivity index (χ3n) is 4.90. The zero-order chi connectivity index (χ0) is 14.8. The molecule has 0 radical (unpaired) electrons. The highest BCUT2D eigenvalue weighted by Crippen LogP contribution is 2.31. The number of carbonyl (C=O) groups excluding carboxylic acids is 1. The van der Waals surface area contributed by atoms with Gasteiger partial charge in [0, 0.05) is 19.6 Å². The number of amides is 1. The van der Waals surface area contributed by atoms with Gasteiger partial charge in [0.25, 0.3) is 0 Å². The van der Waals surface area contributed by atoms with Crippen LogP contribution in [0, 0.1) is 0 Å². The van der Waals surface area contributed by atoms with E-state index >= 15 is 0 Å². The highest BCUT2D eigenvalue weighted by atomic mass is 16.4. The van der Waals surface area contributed by atoms with Crippen LogP contribution >= 0.6 is 0 Å². The first-order valence-corrected chi connectivity index (χ1v) is 7.76. The van der Waals surface area contributed by atoms with Gasteiger partial charge in [-0.25, -0.2) is 0 Å². The molecule has 0 aliphatic carbocycles. The third-order valence-corrected chi connectivity index (χ3v) is 4.90. The third kappa shape index (κ3) is 2.82. The number of hydrogen-bond acceptors (Lipinski definition) is 3. The van der Waals surface area contributed by atoms with Crippen LogP contribution in [0.4, 0.5) is 0 Å². The van der Waals surface area contributed by atoms with Gasteiger partial charge in [0.2, 0.25) is 5.91 Å². The Bertz CT molecular complexity index is 377. The predicted octanol–water partition coefficient (Wildman–Crippen LogP) is 1.72. The summed E-state index contributed by atoms with van der Waals surface area (Å²) in [5, 5.41) is 9.46. The summed E-state index contributed by atoms with van der Waals surface area (Å²) >= 11 is 0. The van der Waals surface area contributed by atoms with Crippen LogP contribution in [0.2, 0.25) is 0 Å². The molecule has 0 saturated carbocycles. The van der Waals surface area contributed by atoms with E-state index in [1.807, 2.05) is 16.7 Å². The zero-order valence-electron chi connectivity index (χ0n) is 12.6. The van der Waals surface area contributed by atoms with Gasteiger partial charge in [-0.15, -0.1) is 0 Å². The standard InChI is InChI=1S/C15H26N2O3/c1-12(13(18)16-9-5-3-4-6-10-16)17-11-7-8-15(17,2)14(19)20/h12H,3-11H2,1-2H3,(H,19,20). The average molecular weight is 282 g/mol. The quantitative estimate of drug-likeness (QED) is 0.856. The number of rotatable bonds is 3. The minimum absolute atomic E-state index is 0.0984. The summed E-state index contributed by atoms with van der Waals surface area (Å²) in [4.78, 5) is 28.0. The Morgan fingerprint density at radius 1 is 1.05 bits per heavy atom. The smallest absolute Gasteiger partial charge is 0.323 e. The second kappa shape index (κ2) is 6.12. The van der Waals surface area contributed by atoms with Crippen molar-refractivity contribution in [3.8, 4) is 0 Å². The maximum atomic E-state index is 12.6. The summed E-state index contributed by atoms with van der Waals surface area (Å²) < 4.78 is 0. The summed E-state index contributed by atoms with van der Waals surface area (Å²) in [6.45, 7) is 5.94. The highest BCUT2D eigenvalue weighted by Gasteiger charge is 2.47. The molecule has 2 fully saturated rings. The maximum absolute atomic E-state index is 12.6. The predicted molar refractivity (Wildman–Crippen MR) is 76.5 cm³/mol. The molecule has 2 atom stereocenters. The second-order valence-corrected chi connectivity index (χ2v) is 6.29. The van der Waals surface area contributed by atoms with Crippen molar-refractivity contribution < 1.29 is 14.7 Å². The van der Waals surface area contributed by atoms with Crippen LogP contribution in [0.3, 0.4) is 0 Å². The van der Waals surface area contributed by atoms with Crippen molar-refractivity contribution in [3.63, 3.8) is 0 Å². The Morgan fingerprint density at radius 2 is 1.65 bits per heavy atom. The number of carbonyl (C=O) groups is 2. The van der Waals surface area contributed by atoms with E-state index in [-0.39, 0.29) is 11.9 Å². The molecule has 0 aromatic heterocycles. The molecule has 2 heterocycles. The molecule has 114 valence electrons. The normalized spacial score (nSPS) is 30.0. The van der Waals surface area contributed by atoms with Crippen molar-refractivity contribution in [2.75, 3.05) is 19.6 Å². The van der Waals surface area contributed by atoms with Crippen LogP contribution < -0.4 is 0 Å². The molecule has 2 rings (SSSR count). The van der Waals surface area contributed by atoms with Gasteiger partial charge in [0.15, 0.2) is 0 Å². The van der Waals surface area contributed by atoms with Crippen LogP contribution in [0.15, 0.2) is 0 Å². The first-order valence-electron chi connectivity index (χ1n) is 7.76. The summed E-state index contributed by atoms with van der Waals surface area (Å²) in [6.07, 6.45) is 5.98. The summed E-state index contributed by atoms with van der Waals surface area (Å²) in [7, 11) is 0. The first kappa shape index (κ1) is 15.3. The van der Waals surface area contributed by atoms with E-state index in [2.05, 4.69) is 0 Å². The molecule has 5 heteroatoms. The number of likely N-dealkylation sites (tertiary alicyclic amines) is 2. The van der Waals surface area contributed by atoms with Crippen molar-refractivity contribution in [1.29, 1.82) is 0 Å². The molecule has 20 heavy (non-hydrogen) atoms. The number of nitrogens with zero attached hydrogens (tertiary/aromatic N) is 2. The fourth-order valence-corrected chi connectivity index (χ4v) is 3.52. The van der Waals surface area contributed by atoms with Crippen LogP contribution in [0.25, 0.3) is 0 Å². The molecule has 2 unspecified atom stereocenters. The molecule has 2 saturated heterocycles. The summed E-state index contributed by atoms with van der Waals surface area (Å²) in [6, 6.07) is -0.336. The van der Waals surface area contributed by atoms with Crippen molar-refractivity contribution in [3.05, 3.63) is 0 Å². The van der Waals surface area contributed by atoms with E-state index < -0.39 is 11.5 Å². The van der Waals surface area contributed by atoms with Crippen molar-refractivity contribution in [2.24, 2.45) is 0 Å². The van der Waals surface area contributed by atoms with Gasteiger partial charge in [-0.3, -0.25) is 14.5 Å². The number of hydrogen-bond donors (Lipinski definition) is 1. The van der Waals surface area contributed by atoms with Crippen molar-refractivity contribution >= 4 is 11.9 Å². The van der Waals surface area contributed by atoms with E-state index in [4.69, 9.17) is 0 Å². The van der Waals surface area contributed by atoms with Crippen LogP contribution in [-0.2, 0) is 9.59 Å². The molecule has 0 bridgehead atoms. The Morgan fingerprint density at radius 3 is 2.20 bits per heavy atom. The summed E-state index contributed by atoms with van der Waals surface area (Å²) in [5.74, 6) is -0.716.